The first-order valence-electron chi connectivity index (χ1n) is 4.92. The molecular formula is C11H14N2O2. The van der Waals surface area contributed by atoms with Crippen molar-refractivity contribution < 1.29 is 9.53 Å². The third-order valence-corrected chi connectivity index (χ3v) is 2.62. The van der Waals surface area contributed by atoms with Crippen molar-refractivity contribution in [3.05, 3.63) is 35.4 Å². The molecule has 1 aromatic rings. The van der Waals surface area contributed by atoms with Crippen molar-refractivity contribution in [2.75, 3.05) is 13.6 Å². The third-order valence-electron chi connectivity index (χ3n) is 2.62. The molecule has 2 N–H and O–H groups in total. The summed E-state index contributed by atoms with van der Waals surface area (Å²) in [6.07, 6.45) is -0.450. The number of likely N-dealkylation sites (N-methyl/N-ethyl adjacent to an activating group) is 1. The van der Waals surface area contributed by atoms with E-state index in [9.17, 15) is 4.79 Å². The van der Waals surface area contributed by atoms with Crippen molar-refractivity contribution in [3.8, 4) is 0 Å². The Morgan fingerprint density at radius 2 is 2.27 bits per heavy atom. The number of hydrogen-bond acceptors (Lipinski definition) is 3. The van der Waals surface area contributed by atoms with Crippen LogP contribution in [-0.2, 0) is 11.3 Å². The van der Waals surface area contributed by atoms with E-state index in [0.717, 1.165) is 11.1 Å². The van der Waals surface area contributed by atoms with Gasteiger partial charge in [-0.1, -0.05) is 24.3 Å². The number of rotatable bonds is 2. The summed E-state index contributed by atoms with van der Waals surface area (Å²) in [4.78, 5) is 12.8. The number of ether oxygens (including phenoxy) is 1. The second-order valence-electron chi connectivity index (χ2n) is 3.66. The van der Waals surface area contributed by atoms with Gasteiger partial charge >= 0.3 is 6.09 Å². The Kier molecular flexibility index (Phi) is 2.60. The summed E-state index contributed by atoms with van der Waals surface area (Å²) in [5, 5.41) is 0. The summed E-state index contributed by atoms with van der Waals surface area (Å²) >= 11 is 0. The molecule has 2 rings (SSSR count). The lowest BCUT2D eigenvalue weighted by atomic mass is 10.0. The van der Waals surface area contributed by atoms with Gasteiger partial charge in [0.05, 0.1) is 6.54 Å². The zero-order valence-electron chi connectivity index (χ0n) is 8.64. The number of carbonyl (C=O) groups is 1. The molecule has 4 nitrogen and oxygen atoms in total. The predicted molar refractivity (Wildman–Crippen MR) is 56.2 cm³/mol. The molecule has 1 heterocycles. The van der Waals surface area contributed by atoms with Gasteiger partial charge < -0.3 is 15.4 Å². The van der Waals surface area contributed by atoms with Crippen molar-refractivity contribution >= 4 is 6.09 Å². The minimum atomic E-state index is -0.271. The van der Waals surface area contributed by atoms with E-state index in [0.29, 0.717) is 13.1 Å². The van der Waals surface area contributed by atoms with Gasteiger partial charge in [0.1, 0.15) is 6.10 Å². The number of carbonyl (C=O) groups excluding carboxylic acids is 1. The van der Waals surface area contributed by atoms with Gasteiger partial charge in [0.15, 0.2) is 0 Å². The first kappa shape index (κ1) is 9.98. The van der Waals surface area contributed by atoms with Gasteiger partial charge in [-0.25, -0.2) is 4.79 Å². The van der Waals surface area contributed by atoms with Crippen molar-refractivity contribution in [2.24, 2.45) is 5.73 Å². The lowest BCUT2D eigenvalue weighted by molar-refractivity contribution is 0.134. The van der Waals surface area contributed by atoms with Gasteiger partial charge in [0.25, 0.3) is 0 Å². The summed E-state index contributed by atoms with van der Waals surface area (Å²) in [7, 11) is 1.73. The topological polar surface area (TPSA) is 55.6 Å². The van der Waals surface area contributed by atoms with E-state index in [2.05, 4.69) is 0 Å². The van der Waals surface area contributed by atoms with Crippen molar-refractivity contribution in [2.45, 2.75) is 12.6 Å². The minimum absolute atomic E-state index is 0.178. The molecule has 1 aliphatic rings. The molecule has 1 aromatic carbocycles. The molecule has 0 saturated carbocycles. The van der Waals surface area contributed by atoms with Gasteiger partial charge in [-0.05, 0) is 11.1 Å². The first-order chi connectivity index (χ1) is 7.22. The van der Waals surface area contributed by atoms with Crippen LogP contribution in [0.25, 0.3) is 0 Å². The Morgan fingerprint density at radius 3 is 2.87 bits per heavy atom. The molecule has 0 radical (unpaired) electrons. The molecule has 1 unspecified atom stereocenters. The van der Waals surface area contributed by atoms with E-state index in [-0.39, 0.29) is 12.2 Å². The number of benzene rings is 1. The number of nitrogens with two attached hydrogens (primary N) is 1. The molecule has 1 atom stereocenters. The molecule has 0 spiro atoms. The molecule has 80 valence electrons. The molecule has 4 heteroatoms. The van der Waals surface area contributed by atoms with Crippen LogP contribution in [0.3, 0.4) is 0 Å². The Balaban J connectivity index is 2.27. The second kappa shape index (κ2) is 3.90. The van der Waals surface area contributed by atoms with E-state index in [1.54, 1.807) is 11.9 Å². The Hall–Kier alpha value is -1.55. The first-order valence-corrected chi connectivity index (χ1v) is 4.92. The lowest BCUT2D eigenvalue weighted by Gasteiger charge is -2.12. The summed E-state index contributed by atoms with van der Waals surface area (Å²) in [5.41, 5.74) is 7.68. The average Bonchev–Trinajstić information content (AvgIpc) is 2.59. The van der Waals surface area contributed by atoms with Crippen molar-refractivity contribution in [1.82, 2.24) is 4.90 Å². The normalized spacial score (nSPS) is 20.5. The zero-order chi connectivity index (χ0) is 10.8. The van der Waals surface area contributed by atoms with E-state index in [1.807, 2.05) is 24.3 Å². The van der Waals surface area contributed by atoms with Crippen LogP contribution in [0.1, 0.15) is 17.2 Å². The standard InChI is InChI=1S/C11H14N2O2/c1-13-7-10(15-11(13)14)9-5-3-2-4-8(9)6-12/h2-5,10H,6-7,12H2,1H3. The minimum Gasteiger partial charge on any atom is -0.439 e. The van der Waals surface area contributed by atoms with Crippen LogP contribution in [0.5, 0.6) is 0 Å². The van der Waals surface area contributed by atoms with Gasteiger partial charge in [-0.15, -0.1) is 0 Å². The molecular weight excluding hydrogens is 192 g/mol. The second-order valence-corrected chi connectivity index (χ2v) is 3.66. The molecule has 1 amide bonds. The molecule has 15 heavy (non-hydrogen) atoms. The molecule has 1 fully saturated rings. The Labute approximate surface area is 88.6 Å². The monoisotopic (exact) mass is 206 g/mol. The van der Waals surface area contributed by atoms with Crippen LogP contribution in [0.15, 0.2) is 24.3 Å². The number of nitrogens with zero attached hydrogens (tertiary/aromatic N) is 1. The quantitative estimate of drug-likeness (QED) is 0.792. The van der Waals surface area contributed by atoms with Crippen LogP contribution in [0.2, 0.25) is 0 Å². The summed E-state index contributed by atoms with van der Waals surface area (Å²) in [5.74, 6) is 0. The zero-order valence-corrected chi connectivity index (χ0v) is 8.64. The van der Waals surface area contributed by atoms with Crippen molar-refractivity contribution in [1.29, 1.82) is 0 Å². The van der Waals surface area contributed by atoms with Crippen molar-refractivity contribution in [3.63, 3.8) is 0 Å². The fourth-order valence-corrected chi connectivity index (χ4v) is 1.77. The molecule has 0 aromatic heterocycles. The summed E-state index contributed by atoms with van der Waals surface area (Å²) in [6.45, 7) is 1.06. The molecule has 1 saturated heterocycles. The van der Waals surface area contributed by atoms with Gasteiger partial charge in [-0.2, -0.15) is 0 Å². The SMILES string of the molecule is CN1CC(c2ccccc2CN)OC1=O. The van der Waals surface area contributed by atoms with Crippen LogP contribution in [-0.4, -0.2) is 24.6 Å². The average molecular weight is 206 g/mol. The van der Waals surface area contributed by atoms with Gasteiger partial charge in [0, 0.05) is 13.6 Å². The maximum atomic E-state index is 11.2. The van der Waals surface area contributed by atoms with Crippen LogP contribution in [0.4, 0.5) is 4.79 Å². The fraction of sp³-hybridized carbons (Fsp3) is 0.364. The van der Waals surface area contributed by atoms with E-state index in [4.69, 9.17) is 10.5 Å². The summed E-state index contributed by atoms with van der Waals surface area (Å²) in [6, 6.07) is 7.79. The highest BCUT2D eigenvalue weighted by Crippen LogP contribution is 2.27. The smallest absolute Gasteiger partial charge is 0.410 e. The Bertz CT molecular complexity index is 379. The van der Waals surface area contributed by atoms with Crippen LogP contribution in [0, 0.1) is 0 Å². The predicted octanol–water partition coefficient (Wildman–Crippen LogP) is 1.27. The number of cyclic esters (lactones) is 1. The maximum Gasteiger partial charge on any atom is 0.410 e. The fourth-order valence-electron chi connectivity index (χ4n) is 1.77. The van der Waals surface area contributed by atoms with E-state index >= 15 is 0 Å². The largest absolute Gasteiger partial charge is 0.439 e. The highest BCUT2D eigenvalue weighted by atomic mass is 16.6. The lowest BCUT2D eigenvalue weighted by Crippen LogP contribution is -2.18. The van der Waals surface area contributed by atoms with E-state index < -0.39 is 0 Å². The molecule has 0 aliphatic carbocycles. The highest BCUT2D eigenvalue weighted by molar-refractivity contribution is 5.69. The van der Waals surface area contributed by atoms with Crippen LogP contribution >= 0.6 is 0 Å². The molecule has 0 bridgehead atoms. The number of hydrogen-bond donors (Lipinski definition) is 1. The van der Waals surface area contributed by atoms with Crippen LogP contribution < -0.4 is 5.73 Å². The maximum absolute atomic E-state index is 11.2. The summed E-state index contributed by atoms with van der Waals surface area (Å²) < 4.78 is 5.23. The van der Waals surface area contributed by atoms with Gasteiger partial charge in [0.2, 0.25) is 0 Å². The van der Waals surface area contributed by atoms with E-state index in [1.165, 1.54) is 0 Å². The number of amides is 1. The third kappa shape index (κ3) is 1.80. The molecule has 1 aliphatic heterocycles. The van der Waals surface area contributed by atoms with Gasteiger partial charge in [-0.3, -0.25) is 0 Å². The Morgan fingerprint density at radius 1 is 1.53 bits per heavy atom. The highest BCUT2D eigenvalue weighted by Gasteiger charge is 2.30.